The fourth-order valence-corrected chi connectivity index (χ4v) is 3.36. The first-order valence-electron chi connectivity index (χ1n) is 7.16. The molecule has 4 nitrogen and oxygen atoms in total. The van der Waals surface area contributed by atoms with Gasteiger partial charge in [0.05, 0.1) is 5.39 Å². The van der Waals surface area contributed by atoms with Crippen molar-refractivity contribution in [2.45, 2.75) is 46.6 Å². The van der Waals surface area contributed by atoms with E-state index in [9.17, 15) is 0 Å². The Labute approximate surface area is 124 Å². The zero-order valence-corrected chi connectivity index (χ0v) is 13.7. The molecule has 1 atom stereocenters. The van der Waals surface area contributed by atoms with E-state index in [0.717, 1.165) is 41.2 Å². The van der Waals surface area contributed by atoms with Gasteiger partial charge in [0.15, 0.2) is 5.82 Å². The van der Waals surface area contributed by atoms with Crippen molar-refractivity contribution in [2.75, 3.05) is 19.0 Å². The maximum absolute atomic E-state index is 5.55. The fraction of sp³-hybridized carbons (Fsp3) is 0.600. The summed E-state index contributed by atoms with van der Waals surface area (Å²) in [4.78, 5) is 11.8. The lowest BCUT2D eigenvalue weighted by atomic mass is 10.1. The summed E-state index contributed by atoms with van der Waals surface area (Å²) >= 11 is 1.73. The van der Waals surface area contributed by atoms with Gasteiger partial charge >= 0.3 is 0 Å². The third-order valence-electron chi connectivity index (χ3n) is 3.51. The summed E-state index contributed by atoms with van der Waals surface area (Å²) in [5.41, 5.74) is 1.27. The lowest BCUT2D eigenvalue weighted by Crippen LogP contribution is -2.10. The Bertz CT molecular complexity index is 594. The molecule has 2 aromatic heterocycles. The molecule has 0 fully saturated rings. The quantitative estimate of drug-likeness (QED) is 0.866. The highest BCUT2D eigenvalue weighted by molar-refractivity contribution is 7.18. The zero-order chi connectivity index (χ0) is 14.7. The maximum atomic E-state index is 5.55. The number of fused-ring (bicyclic) bond motifs is 1. The van der Waals surface area contributed by atoms with Gasteiger partial charge in [0.2, 0.25) is 0 Å². The second-order valence-corrected chi connectivity index (χ2v) is 6.14. The monoisotopic (exact) mass is 293 g/mol. The number of hydrogen-bond acceptors (Lipinski definition) is 5. The minimum absolute atomic E-state index is 0.0236. The first-order valence-corrected chi connectivity index (χ1v) is 7.98. The molecule has 2 heterocycles. The minimum atomic E-state index is -0.0236. The Morgan fingerprint density at radius 3 is 2.60 bits per heavy atom. The van der Waals surface area contributed by atoms with Gasteiger partial charge in [-0.05, 0) is 32.8 Å². The van der Waals surface area contributed by atoms with E-state index in [-0.39, 0.29) is 6.10 Å². The van der Waals surface area contributed by atoms with Crippen LogP contribution in [0.5, 0.6) is 0 Å². The molecule has 0 amide bonds. The number of aromatic nitrogens is 2. The van der Waals surface area contributed by atoms with Crippen LogP contribution in [0.4, 0.5) is 5.82 Å². The second kappa shape index (κ2) is 6.50. The van der Waals surface area contributed by atoms with E-state index in [1.165, 1.54) is 10.4 Å². The number of thiophene rings is 1. The summed E-state index contributed by atoms with van der Waals surface area (Å²) in [5, 5.41) is 4.52. The number of anilines is 1. The van der Waals surface area contributed by atoms with E-state index in [0.29, 0.717) is 0 Å². The molecule has 0 saturated heterocycles. The third-order valence-corrected chi connectivity index (χ3v) is 4.61. The Morgan fingerprint density at radius 1 is 1.25 bits per heavy atom. The van der Waals surface area contributed by atoms with Gasteiger partial charge in [-0.25, -0.2) is 9.97 Å². The van der Waals surface area contributed by atoms with Crippen LogP contribution in [0.15, 0.2) is 0 Å². The molecule has 0 radical (unpaired) electrons. The highest BCUT2D eigenvalue weighted by Crippen LogP contribution is 2.34. The Morgan fingerprint density at radius 2 is 2.00 bits per heavy atom. The number of aryl methyl sites for hydroxylation is 2. The van der Waals surface area contributed by atoms with Crippen LogP contribution in [-0.2, 0) is 4.74 Å². The average molecular weight is 293 g/mol. The van der Waals surface area contributed by atoms with Crippen molar-refractivity contribution >= 4 is 27.4 Å². The van der Waals surface area contributed by atoms with Crippen LogP contribution in [-0.4, -0.2) is 23.6 Å². The van der Waals surface area contributed by atoms with Crippen molar-refractivity contribution < 1.29 is 4.74 Å². The number of ether oxygens (including phenoxy) is 1. The highest BCUT2D eigenvalue weighted by Gasteiger charge is 2.19. The summed E-state index contributed by atoms with van der Waals surface area (Å²) < 4.78 is 5.55. The second-order valence-electron chi connectivity index (χ2n) is 4.94. The molecular formula is C15H23N3OS. The number of nitrogens with zero attached hydrogens (tertiary/aromatic N) is 2. The van der Waals surface area contributed by atoms with Crippen LogP contribution in [0.1, 0.15) is 49.1 Å². The minimum Gasteiger partial charge on any atom is -0.373 e. The van der Waals surface area contributed by atoms with Gasteiger partial charge in [-0.15, -0.1) is 11.3 Å². The molecular weight excluding hydrogens is 270 g/mol. The van der Waals surface area contributed by atoms with Gasteiger partial charge < -0.3 is 10.1 Å². The molecule has 1 N–H and O–H groups in total. The molecule has 2 rings (SSSR count). The standard InChI is InChI=1S/C15H23N3OS/c1-6-8-11(19-5)13-17-14(16-7-2)12-9(3)10(4)20-15(12)18-13/h11H,6-8H2,1-5H3,(H,16,17,18). The molecule has 2 aromatic rings. The van der Waals surface area contributed by atoms with Crippen LogP contribution in [0.2, 0.25) is 0 Å². The van der Waals surface area contributed by atoms with Gasteiger partial charge in [0.25, 0.3) is 0 Å². The van der Waals surface area contributed by atoms with E-state index in [1.54, 1.807) is 18.4 Å². The smallest absolute Gasteiger partial charge is 0.161 e. The molecule has 0 spiro atoms. The summed E-state index contributed by atoms with van der Waals surface area (Å²) in [5.74, 6) is 1.73. The highest BCUT2D eigenvalue weighted by atomic mass is 32.1. The van der Waals surface area contributed by atoms with Crippen LogP contribution >= 0.6 is 11.3 Å². The predicted molar refractivity (Wildman–Crippen MR) is 85.7 cm³/mol. The molecule has 0 aliphatic carbocycles. The number of nitrogens with one attached hydrogen (secondary N) is 1. The van der Waals surface area contributed by atoms with Crippen molar-refractivity contribution in [3.8, 4) is 0 Å². The van der Waals surface area contributed by atoms with Crippen LogP contribution in [0, 0.1) is 13.8 Å². The van der Waals surface area contributed by atoms with Gasteiger partial charge in [0.1, 0.15) is 16.8 Å². The summed E-state index contributed by atoms with van der Waals surface area (Å²) in [7, 11) is 1.73. The predicted octanol–water partition coefficient (Wildman–Crippen LogP) is 4.23. The van der Waals surface area contributed by atoms with Gasteiger partial charge in [-0.2, -0.15) is 0 Å². The molecule has 0 aliphatic rings. The van der Waals surface area contributed by atoms with Crippen molar-refractivity contribution in [2.24, 2.45) is 0 Å². The van der Waals surface area contributed by atoms with E-state index in [4.69, 9.17) is 14.7 Å². The van der Waals surface area contributed by atoms with E-state index in [2.05, 4.69) is 33.0 Å². The lowest BCUT2D eigenvalue weighted by Gasteiger charge is -2.15. The van der Waals surface area contributed by atoms with Crippen molar-refractivity contribution in [1.29, 1.82) is 0 Å². The molecule has 0 aliphatic heterocycles. The largest absolute Gasteiger partial charge is 0.373 e. The molecule has 0 saturated carbocycles. The molecule has 1 unspecified atom stereocenters. The average Bonchev–Trinajstić information content (AvgIpc) is 2.72. The van der Waals surface area contributed by atoms with E-state index in [1.807, 2.05) is 0 Å². The van der Waals surface area contributed by atoms with Crippen molar-refractivity contribution in [3.05, 3.63) is 16.3 Å². The van der Waals surface area contributed by atoms with Crippen LogP contribution in [0.3, 0.4) is 0 Å². The number of methoxy groups -OCH3 is 1. The first-order chi connectivity index (χ1) is 9.62. The molecule has 0 bridgehead atoms. The van der Waals surface area contributed by atoms with E-state index >= 15 is 0 Å². The van der Waals surface area contributed by atoms with E-state index < -0.39 is 0 Å². The summed E-state index contributed by atoms with van der Waals surface area (Å²) in [6.07, 6.45) is 1.97. The third kappa shape index (κ3) is 2.79. The SMILES string of the molecule is CCCC(OC)c1nc(NCC)c2c(C)c(C)sc2n1. The number of rotatable bonds is 6. The first kappa shape index (κ1) is 15.2. The van der Waals surface area contributed by atoms with Gasteiger partial charge in [-0.3, -0.25) is 0 Å². The number of hydrogen-bond donors (Lipinski definition) is 1. The molecule has 20 heavy (non-hydrogen) atoms. The normalized spacial score (nSPS) is 12.8. The summed E-state index contributed by atoms with van der Waals surface area (Å²) in [6, 6.07) is 0. The lowest BCUT2D eigenvalue weighted by molar-refractivity contribution is 0.0881. The van der Waals surface area contributed by atoms with Gasteiger partial charge in [0, 0.05) is 18.5 Å². The van der Waals surface area contributed by atoms with Gasteiger partial charge in [-0.1, -0.05) is 13.3 Å². The van der Waals surface area contributed by atoms with Crippen LogP contribution < -0.4 is 5.32 Å². The summed E-state index contributed by atoms with van der Waals surface area (Å²) in [6.45, 7) is 9.36. The van der Waals surface area contributed by atoms with Crippen molar-refractivity contribution in [3.63, 3.8) is 0 Å². The Hall–Kier alpha value is -1.20. The molecule has 110 valence electrons. The van der Waals surface area contributed by atoms with Crippen molar-refractivity contribution in [1.82, 2.24) is 9.97 Å². The Kier molecular flexibility index (Phi) is 4.94. The fourth-order valence-electron chi connectivity index (χ4n) is 2.32. The molecule has 0 aromatic carbocycles. The zero-order valence-electron chi connectivity index (χ0n) is 12.9. The topological polar surface area (TPSA) is 47.0 Å². The van der Waals surface area contributed by atoms with Crippen LogP contribution in [0.25, 0.3) is 10.2 Å². The maximum Gasteiger partial charge on any atom is 0.161 e. The Balaban J connectivity index is 2.58. The molecule has 5 heteroatoms.